The summed E-state index contributed by atoms with van der Waals surface area (Å²) >= 11 is 0. The second kappa shape index (κ2) is 5.92. The normalized spacial score (nSPS) is 20.6. The van der Waals surface area contributed by atoms with Crippen LogP contribution in [0.15, 0.2) is 24.3 Å². The molecule has 2 atom stereocenters. The number of nitro groups is 1. The lowest BCUT2D eigenvalue weighted by Gasteiger charge is -2.15. The molecule has 0 unspecified atom stereocenters. The zero-order valence-corrected chi connectivity index (χ0v) is 12.9. The van der Waals surface area contributed by atoms with Crippen molar-refractivity contribution in [2.45, 2.75) is 26.4 Å². The van der Waals surface area contributed by atoms with Crippen molar-refractivity contribution in [1.82, 2.24) is 4.98 Å². The van der Waals surface area contributed by atoms with Gasteiger partial charge in [0.05, 0.1) is 28.1 Å². The first-order valence-electron chi connectivity index (χ1n) is 7.44. The van der Waals surface area contributed by atoms with Gasteiger partial charge in [0.1, 0.15) is 0 Å². The van der Waals surface area contributed by atoms with E-state index in [1.165, 1.54) is 12.1 Å². The molecule has 0 radical (unpaired) electrons. The van der Waals surface area contributed by atoms with Crippen LogP contribution >= 0.6 is 0 Å². The van der Waals surface area contributed by atoms with Crippen LogP contribution in [-0.4, -0.2) is 28.5 Å². The largest absolute Gasteiger partial charge is 0.378 e. The van der Waals surface area contributed by atoms with Crippen LogP contribution in [0.25, 0.3) is 10.9 Å². The van der Waals surface area contributed by atoms with E-state index in [4.69, 9.17) is 4.74 Å². The van der Waals surface area contributed by atoms with Crippen LogP contribution in [0, 0.1) is 23.0 Å². The van der Waals surface area contributed by atoms with Gasteiger partial charge in [0.2, 0.25) is 5.91 Å². The fraction of sp³-hybridized carbons (Fsp3) is 0.375. The molecule has 1 fully saturated rings. The number of carbonyl (C=O) groups excluding carboxylic acids is 1. The number of non-ortho nitro benzene ring substituents is 1. The molecule has 0 bridgehead atoms. The standard InChI is InChI=1S/C16H17N3O4/c1-9-7-15(18-16(20)12-5-6-23-10(12)2)13-8-11(19(21)22)3-4-14(13)17-9/h3-4,7-8,10,12H,5-6H2,1-2H3,(H,17,18,20)/t10-,12-/m1/s1. The monoisotopic (exact) mass is 315 g/mol. The highest BCUT2D eigenvalue weighted by atomic mass is 16.6. The Bertz CT molecular complexity index is 790. The number of amides is 1. The summed E-state index contributed by atoms with van der Waals surface area (Å²) < 4.78 is 5.42. The zero-order chi connectivity index (χ0) is 16.6. The minimum atomic E-state index is -0.461. The minimum absolute atomic E-state index is 0.0313. The molecule has 1 aromatic carbocycles. The summed E-state index contributed by atoms with van der Waals surface area (Å²) in [5.41, 5.74) is 1.86. The summed E-state index contributed by atoms with van der Waals surface area (Å²) in [6, 6.07) is 6.17. The van der Waals surface area contributed by atoms with Gasteiger partial charge in [0.15, 0.2) is 0 Å². The second-order valence-electron chi connectivity index (χ2n) is 5.73. The van der Waals surface area contributed by atoms with Gasteiger partial charge in [0, 0.05) is 29.8 Å². The molecule has 1 aliphatic heterocycles. The molecule has 0 saturated carbocycles. The SMILES string of the molecule is Cc1cc(NC(=O)[C@@H]2CCO[C@@H]2C)c2cc([N+](=O)[O-])ccc2n1. The number of fused-ring (bicyclic) bond motifs is 1. The maximum Gasteiger partial charge on any atom is 0.270 e. The summed E-state index contributed by atoms with van der Waals surface area (Å²) in [4.78, 5) is 27.3. The Balaban J connectivity index is 1.99. The summed E-state index contributed by atoms with van der Waals surface area (Å²) in [7, 11) is 0. The lowest BCUT2D eigenvalue weighted by molar-refractivity contribution is -0.384. The molecule has 7 nitrogen and oxygen atoms in total. The molecule has 1 aliphatic rings. The molecule has 2 heterocycles. The van der Waals surface area contributed by atoms with Crippen LogP contribution in [0.3, 0.4) is 0 Å². The first-order chi connectivity index (χ1) is 11.0. The number of nitrogens with one attached hydrogen (secondary N) is 1. The lowest BCUT2D eigenvalue weighted by Crippen LogP contribution is -2.27. The van der Waals surface area contributed by atoms with Crippen LogP contribution in [0.5, 0.6) is 0 Å². The van der Waals surface area contributed by atoms with Crippen molar-refractivity contribution >= 4 is 28.2 Å². The van der Waals surface area contributed by atoms with E-state index in [-0.39, 0.29) is 23.6 Å². The smallest absolute Gasteiger partial charge is 0.270 e. The number of rotatable bonds is 3. The van der Waals surface area contributed by atoms with Gasteiger partial charge in [-0.15, -0.1) is 0 Å². The summed E-state index contributed by atoms with van der Waals surface area (Å²) in [6.45, 7) is 4.26. The molecule has 1 N–H and O–H groups in total. The third kappa shape index (κ3) is 3.00. The van der Waals surface area contributed by atoms with Gasteiger partial charge in [-0.1, -0.05) is 0 Å². The van der Waals surface area contributed by atoms with Crippen LogP contribution in [0.1, 0.15) is 19.0 Å². The highest BCUT2D eigenvalue weighted by Gasteiger charge is 2.31. The third-order valence-corrected chi connectivity index (χ3v) is 4.10. The fourth-order valence-corrected chi connectivity index (χ4v) is 2.86. The number of ether oxygens (including phenoxy) is 1. The number of hydrogen-bond acceptors (Lipinski definition) is 5. The molecule has 1 amide bonds. The van der Waals surface area contributed by atoms with E-state index < -0.39 is 4.92 Å². The van der Waals surface area contributed by atoms with E-state index in [2.05, 4.69) is 10.3 Å². The topological polar surface area (TPSA) is 94.4 Å². The molecular weight excluding hydrogens is 298 g/mol. The molecule has 7 heteroatoms. The highest BCUT2D eigenvalue weighted by molar-refractivity contribution is 6.02. The molecule has 0 aliphatic carbocycles. The van der Waals surface area contributed by atoms with E-state index in [0.717, 1.165) is 5.69 Å². The van der Waals surface area contributed by atoms with Gasteiger partial charge in [-0.25, -0.2) is 0 Å². The van der Waals surface area contributed by atoms with Crippen LogP contribution in [0.4, 0.5) is 11.4 Å². The predicted molar refractivity (Wildman–Crippen MR) is 85.3 cm³/mol. The molecule has 1 saturated heterocycles. The molecule has 23 heavy (non-hydrogen) atoms. The van der Waals surface area contributed by atoms with Gasteiger partial charge in [-0.3, -0.25) is 19.9 Å². The number of carbonyl (C=O) groups is 1. The maximum atomic E-state index is 12.5. The Kier molecular flexibility index (Phi) is 3.96. The van der Waals surface area contributed by atoms with Crippen molar-refractivity contribution in [2.75, 3.05) is 11.9 Å². The average Bonchev–Trinajstić information content (AvgIpc) is 2.92. The fourth-order valence-electron chi connectivity index (χ4n) is 2.86. The van der Waals surface area contributed by atoms with Crippen LogP contribution in [0.2, 0.25) is 0 Å². The second-order valence-corrected chi connectivity index (χ2v) is 5.73. The number of pyridine rings is 1. The molecule has 120 valence electrons. The maximum absolute atomic E-state index is 12.5. The van der Waals surface area contributed by atoms with Crippen molar-refractivity contribution in [3.8, 4) is 0 Å². The quantitative estimate of drug-likeness (QED) is 0.694. The number of hydrogen-bond donors (Lipinski definition) is 1. The number of benzene rings is 1. The third-order valence-electron chi connectivity index (χ3n) is 4.10. The predicted octanol–water partition coefficient (Wildman–Crippen LogP) is 2.81. The molecule has 2 aromatic rings. The lowest BCUT2D eigenvalue weighted by atomic mass is 10.0. The van der Waals surface area contributed by atoms with Gasteiger partial charge in [-0.05, 0) is 32.4 Å². The molecule has 3 rings (SSSR count). The van der Waals surface area contributed by atoms with Crippen LogP contribution < -0.4 is 5.32 Å². The number of nitro benzene ring substituents is 1. The van der Waals surface area contributed by atoms with Crippen molar-refractivity contribution in [1.29, 1.82) is 0 Å². The van der Waals surface area contributed by atoms with E-state index in [1.54, 1.807) is 12.1 Å². The Labute approximate surface area is 132 Å². The number of aromatic nitrogens is 1. The first kappa shape index (κ1) is 15.4. The first-order valence-corrected chi connectivity index (χ1v) is 7.44. The minimum Gasteiger partial charge on any atom is -0.378 e. The Morgan fingerprint density at radius 2 is 2.22 bits per heavy atom. The van der Waals surface area contributed by atoms with Crippen LogP contribution in [-0.2, 0) is 9.53 Å². The van der Waals surface area contributed by atoms with E-state index >= 15 is 0 Å². The van der Waals surface area contributed by atoms with Crippen molar-refractivity contribution in [3.05, 3.63) is 40.1 Å². The highest BCUT2D eigenvalue weighted by Crippen LogP contribution is 2.29. The van der Waals surface area contributed by atoms with E-state index in [0.29, 0.717) is 29.6 Å². The van der Waals surface area contributed by atoms with E-state index in [9.17, 15) is 14.9 Å². The van der Waals surface area contributed by atoms with Gasteiger partial charge >= 0.3 is 0 Å². The summed E-state index contributed by atoms with van der Waals surface area (Å²) in [5, 5.41) is 14.4. The van der Waals surface area contributed by atoms with Gasteiger partial charge in [-0.2, -0.15) is 0 Å². The summed E-state index contributed by atoms with van der Waals surface area (Å²) in [5.74, 6) is -0.342. The number of aryl methyl sites for hydroxylation is 1. The molecular formula is C16H17N3O4. The molecule has 0 spiro atoms. The Morgan fingerprint density at radius 1 is 1.43 bits per heavy atom. The molecule has 1 aromatic heterocycles. The van der Waals surface area contributed by atoms with Crippen molar-refractivity contribution < 1.29 is 14.5 Å². The Hall–Kier alpha value is -2.54. The average molecular weight is 315 g/mol. The number of anilines is 1. The zero-order valence-electron chi connectivity index (χ0n) is 12.9. The summed E-state index contributed by atoms with van der Waals surface area (Å²) in [6.07, 6.45) is 0.549. The van der Waals surface area contributed by atoms with Crippen molar-refractivity contribution in [3.63, 3.8) is 0 Å². The Morgan fingerprint density at radius 3 is 2.87 bits per heavy atom. The van der Waals surface area contributed by atoms with Crippen molar-refractivity contribution in [2.24, 2.45) is 5.92 Å². The number of nitrogens with zero attached hydrogens (tertiary/aromatic N) is 2. The van der Waals surface area contributed by atoms with Gasteiger partial charge < -0.3 is 10.1 Å². The van der Waals surface area contributed by atoms with Gasteiger partial charge in [0.25, 0.3) is 5.69 Å². The van der Waals surface area contributed by atoms with E-state index in [1.807, 2.05) is 13.8 Å².